The average Bonchev–Trinajstić information content (AvgIpc) is 2.62. The Kier molecular flexibility index (Phi) is 3.78. The molecule has 0 spiro atoms. The van der Waals surface area contributed by atoms with Gasteiger partial charge in [-0.3, -0.25) is 9.88 Å². The van der Waals surface area contributed by atoms with Crippen molar-refractivity contribution >= 4 is 5.82 Å². The fourth-order valence-corrected chi connectivity index (χ4v) is 3.31. The van der Waals surface area contributed by atoms with Crippen molar-refractivity contribution in [2.24, 2.45) is 0 Å². The van der Waals surface area contributed by atoms with Crippen molar-refractivity contribution in [3.8, 4) is 5.88 Å². The molecule has 20 heavy (non-hydrogen) atoms. The summed E-state index contributed by atoms with van der Waals surface area (Å²) in [5.41, 5.74) is 0. The highest BCUT2D eigenvalue weighted by molar-refractivity contribution is 5.38. The fourth-order valence-electron chi connectivity index (χ4n) is 3.31. The van der Waals surface area contributed by atoms with Gasteiger partial charge < -0.3 is 9.64 Å². The third-order valence-electron chi connectivity index (χ3n) is 4.43. The van der Waals surface area contributed by atoms with E-state index in [0.29, 0.717) is 11.9 Å². The van der Waals surface area contributed by atoms with E-state index < -0.39 is 0 Å². The third-order valence-corrected chi connectivity index (χ3v) is 4.43. The molecule has 2 bridgehead atoms. The van der Waals surface area contributed by atoms with Crippen molar-refractivity contribution in [2.45, 2.75) is 51.3 Å². The lowest BCUT2D eigenvalue weighted by Gasteiger charge is -2.26. The molecule has 2 unspecified atom stereocenters. The van der Waals surface area contributed by atoms with Crippen molar-refractivity contribution in [1.29, 1.82) is 0 Å². The molecular weight excluding hydrogens is 252 g/mol. The summed E-state index contributed by atoms with van der Waals surface area (Å²) in [6.07, 6.45) is 7.53. The first-order chi connectivity index (χ1) is 9.63. The zero-order valence-corrected chi connectivity index (χ0v) is 12.6. The number of aromatic nitrogens is 2. The number of ether oxygens (including phenoxy) is 1. The second kappa shape index (κ2) is 5.56. The molecule has 2 aliphatic rings. The van der Waals surface area contributed by atoms with Gasteiger partial charge in [-0.1, -0.05) is 0 Å². The summed E-state index contributed by atoms with van der Waals surface area (Å²) in [4.78, 5) is 13.8. The second-order valence-electron chi connectivity index (χ2n) is 6.17. The minimum atomic E-state index is 0.130. The summed E-state index contributed by atoms with van der Waals surface area (Å²) in [5.74, 6) is 1.57. The first kappa shape index (κ1) is 13.6. The van der Waals surface area contributed by atoms with Gasteiger partial charge in [0.05, 0.1) is 18.5 Å². The Morgan fingerprint density at radius 2 is 2.00 bits per heavy atom. The van der Waals surface area contributed by atoms with E-state index in [1.54, 1.807) is 6.20 Å². The van der Waals surface area contributed by atoms with Crippen LogP contribution in [-0.4, -0.2) is 53.2 Å². The topological polar surface area (TPSA) is 41.5 Å². The average molecular weight is 276 g/mol. The Labute approximate surface area is 121 Å². The minimum Gasteiger partial charge on any atom is -0.474 e. The van der Waals surface area contributed by atoms with E-state index in [4.69, 9.17) is 4.74 Å². The SMILES string of the molecule is CC(C)Oc1cncc(N2CCC3CCC(C2)N3C)n1. The zero-order chi connectivity index (χ0) is 14.1. The van der Waals surface area contributed by atoms with Crippen molar-refractivity contribution in [3.05, 3.63) is 12.4 Å². The molecule has 1 aromatic rings. The van der Waals surface area contributed by atoms with Crippen LogP contribution in [0.4, 0.5) is 5.82 Å². The first-order valence-corrected chi connectivity index (χ1v) is 7.59. The lowest BCUT2D eigenvalue weighted by Crippen LogP contribution is -2.37. The Balaban J connectivity index is 1.75. The van der Waals surface area contributed by atoms with Gasteiger partial charge in [-0.15, -0.1) is 0 Å². The third kappa shape index (κ3) is 2.73. The summed E-state index contributed by atoms with van der Waals surface area (Å²) in [5, 5.41) is 0. The van der Waals surface area contributed by atoms with E-state index in [2.05, 4.69) is 26.8 Å². The summed E-state index contributed by atoms with van der Waals surface area (Å²) in [6, 6.07) is 1.40. The van der Waals surface area contributed by atoms with E-state index in [0.717, 1.165) is 24.9 Å². The van der Waals surface area contributed by atoms with Crippen LogP contribution in [0.2, 0.25) is 0 Å². The maximum Gasteiger partial charge on any atom is 0.234 e. The number of rotatable bonds is 3. The molecule has 0 saturated carbocycles. The predicted octanol–water partition coefficient (Wildman–Crippen LogP) is 1.94. The largest absolute Gasteiger partial charge is 0.474 e. The van der Waals surface area contributed by atoms with Crippen LogP contribution in [0.3, 0.4) is 0 Å². The lowest BCUT2D eigenvalue weighted by atomic mass is 10.1. The molecule has 2 fully saturated rings. The van der Waals surface area contributed by atoms with Gasteiger partial charge >= 0.3 is 0 Å². The molecule has 5 nitrogen and oxygen atoms in total. The van der Waals surface area contributed by atoms with Gasteiger partial charge in [-0.25, -0.2) is 0 Å². The smallest absolute Gasteiger partial charge is 0.234 e. The van der Waals surface area contributed by atoms with E-state index in [-0.39, 0.29) is 6.10 Å². The molecule has 0 N–H and O–H groups in total. The second-order valence-corrected chi connectivity index (χ2v) is 6.17. The maximum absolute atomic E-state index is 5.65. The van der Waals surface area contributed by atoms with E-state index >= 15 is 0 Å². The number of likely N-dealkylation sites (N-methyl/N-ethyl adjacent to an activating group) is 1. The minimum absolute atomic E-state index is 0.130. The molecule has 1 aromatic heterocycles. The molecule has 0 aromatic carbocycles. The molecule has 2 saturated heterocycles. The van der Waals surface area contributed by atoms with Gasteiger partial charge in [0.25, 0.3) is 0 Å². The van der Waals surface area contributed by atoms with Crippen molar-refractivity contribution in [1.82, 2.24) is 14.9 Å². The monoisotopic (exact) mass is 276 g/mol. The lowest BCUT2D eigenvalue weighted by molar-refractivity contribution is 0.231. The van der Waals surface area contributed by atoms with Crippen molar-refractivity contribution in [2.75, 3.05) is 25.0 Å². The Morgan fingerprint density at radius 3 is 2.80 bits per heavy atom. The van der Waals surface area contributed by atoms with Crippen LogP contribution in [0.1, 0.15) is 33.1 Å². The van der Waals surface area contributed by atoms with Gasteiger partial charge in [0.15, 0.2) is 5.82 Å². The molecule has 2 aliphatic heterocycles. The fraction of sp³-hybridized carbons (Fsp3) is 0.733. The van der Waals surface area contributed by atoms with Crippen molar-refractivity contribution < 1.29 is 4.74 Å². The quantitative estimate of drug-likeness (QED) is 0.844. The number of hydrogen-bond donors (Lipinski definition) is 0. The molecular formula is C15H24N4O. The van der Waals surface area contributed by atoms with Crippen LogP contribution in [-0.2, 0) is 0 Å². The number of anilines is 1. The van der Waals surface area contributed by atoms with Gasteiger partial charge in [0.2, 0.25) is 5.88 Å². The van der Waals surface area contributed by atoms with Crippen LogP contribution < -0.4 is 9.64 Å². The van der Waals surface area contributed by atoms with E-state index in [1.165, 1.54) is 19.3 Å². The van der Waals surface area contributed by atoms with E-state index in [1.807, 2.05) is 20.0 Å². The highest BCUT2D eigenvalue weighted by Gasteiger charge is 2.35. The van der Waals surface area contributed by atoms with Crippen LogP contribution in [0.15, 0.2) is 12.4 Å². The summed E-state index contributed by atoms with van der Waals surface area (Å²) in [6.45, 7) is 6.13. The molecule has 2 atom stereocenters. The Morgan fingerprint density at radius 1 is 1.20 bits per heavy atom. The van der Waals surface area contributed by atoms with Gasteiger partial charge in [0.1, 0.15) is 0 Å². The molecule has 0 amide bonds. The van der Waals surface area contributed by atoms with Gasteiger partial charge in [-0.2, -0.15) is 4.98 Å². The number of fused-ring (bicyclic) bond motifs is 2. The molecule has 3 heterocycles. The molecule has 110 valence electrons. The highest BCUT2D eigenvalue weighted by Crippen LogP contribution is 2.30. The Hall–Kier alpha value is -1.36. The van der Waals surface area contributed by atoms with Crippen molar-refractivity contribution in [3.63, 3.8) is 0 Å². The molecule has 3 rings (SSSR count). The molecule has 5 heteroatoms. The summed E-state index contributed by atoms with van der Waals surface area (Å²) < 4.78 is 5.65. The summed E-state index contributed by atoms with van der Waals surface area (Å²) >= 11 is 0. The van der Waals surface area contributed by atoms with Gasteiger partial charge in [0, 0.05) is 25.2 Å². The van der Waals surface area contributed by atoms with Crippen LogP contribution >= 0.6 is 0 Å². The van der Waals surface area contributed by atoms with Crippen LogP contribution in [0, 0.1) is 0 Å². The van der Waals surface area contributed by atoms with Crippen LogP contribution in [0.25, 0.3) is 0 Å². The Bertz CT molecular complexity index is 465. The van der Waals surface area contributed by atoms with Crippen LogP contribution in [0.5, 0.6) is 5.88 Å². The standard InChI is InChI=1S/C15H24N4O/c1-11(2)20-15-9-16-8-14(17-15)19-7-6-12-4-5-13(10-19)18(12)3/h8-9,11-13H,4-7,10H2,1-3H3. The van der Waals surface area contributed by atoms with E-state index in [9.17, 15) is 0 Å². The summed E-state index contributed by atoms with van der Waals surface area (Å²) in [7, 11) is 2.26. The first-order valence-electron chi connectivity index (χ1n) is 7.59. The number of hydrogen-bond acceptors (Lipinski definition) is 5. The predicted molar refractivity (Wildman–Crippen MR) is 79.2 cm³/mol. The maximum atomic E-state index is 5.65. The molecule has 0 aliphatic carbocycles. The normalized spacial score (nSPS) is 26.9. The zero-order valence-electron chi connectivity index (χ0n) is 12.6. The van der Waals surface area contributed by atoms with Gasteiger partial charge in [-0.05, 0) is 40.2 Å². The molecule has 0 radical (unpaired) electrons. The number of nitrogens with zero attached hydrogens (tertiary/aromatic N) is 4. The highest BCUT2D eigenvalue weighted by atomic mass is 16.5.